The van der Waals surface area contributed by atoms with Gasteiger partial charge in [-0.15, -0.1) is 0 Å². The van der Waals surface area contributed by atoms with Crippen LogP contribution in [0.1, 0.15) is 47.0 Å². The molecule has 122 valence electrons. The van der Waals surface area contributed by atoms with Crippen molar-refractivity contribution in [3.63, 3.8) is 0 Å². The summed E-state index contributed by atoms with van der Waals surface area (Å²) in [4.78, 5) is 11.4. The molecule has 0 amide bonds. The van der Waals surface area contributed by atoms with Crippen molar-refractivity contribution in [1.82, 2.24) is 0 Å². The van der Waals surface area contributed by atoms with E-state index in [-0.39, 0.29) is 23.4 Å². The molecule has 6 atom stereocenters. The Labute approximate surface area is 130 Å². The third kappa shape index (κ3) is 1.64. The highest BCUT2D eigenvalue weighted by Gasteiger charge is 2.74. The maximum Gasteiger partial charge on any atom is 0.305 e. The Bertz CT molecular complexity index is 555. The van der Waals surface area contributed by atoms with E-state index < -0.39 is 12.1 Å². The van der Waals surface area contributed by atoms with Crippen LogP contribution >= 0.6 is 0 Å². The van der Waals surface area contributed by atoms with Crippen LogP contribution in [0.4, 0.5) is 0 Å². The number of hydrogen-bond donors (Lipinski definition) is 0. The fraction of sp³-hybridized carbons (Fsp3) is 0.824. The molecule has 3 aliphatic heterocycles. The Balaban J connectivity index is 1.79. The predicted molar refractivity (Wildman–Crippen MR) is 77.5 cm³/mol. The quantitative estimate of drug-likeness (QED) is 0.734. The summed E-state index contributed by atoms with van der Waals surface area (Å²) in [6, 6.07) is 0. The minimum Gasteiger partial charge on any atom is -0.487 e. The predicted octanol–water partition coefficient (Wildman–Crippen LogP) is 2.75. The molecular formula is C17H24O5. The second-order valence-electron chi connectivity index (χ2n) is 7.26. The molecule has 22 heavy (non-hydrogen) atoms. The molecule has 1 aliphatic carbocycles. The van der Waals surface area contributed by atoms with Crippen molar-refractivity contribution in [1.29, 1.82) is 0 Å². The first kappa shape index (κ1) is 14.5. The fourth-order valence-corrected chi connectivity index (χ4v) is 5.08. The number of allylic oxidation sites excluding steroid dienone is 1. The second kappa shape index (κ2) is 4.48. The van der Waals surface area contributed by atoms with Gasteiger partial charge in [-0.1, -0.05) is 13.8 Å². The summed E-state index contributed by atoms with van der Waals surface area (Å²) < 4.78 is 23.7. The lowest BCUT2D eigenvalue weighted by Crippen LogP contribution is -2.38. The highest BCUT2D eigenvalue weighted by atomic mass is 16.8. The molecule has 0 aromatic rings. The topological polar surface area (TPSA) is 54.0 Å². The summed E-state index contributed by atoms with van der Waals surface area (Å²) in [5, 5.41) is 0. The Hall–Kier alpha value is -1.07. The first-order chi connectivity index (χ1) is 10.4. The van der Waals surface area contributed by atoms with Gasteiger partial charge in [-0.2, -0.15) is 0 Å². The van der Waals surface area contributed by atoms with E-state index in [2.05, 4.69) is 13.8 Å². The Morgan fingerprint density at radius 3 is 2.91 bits per heavy atom. The van der Waals surface area contributed by atoms with E-state index in [1.165, 1.54) is 12.5 Å². The second-order valence-corrected chi connectivity index (χ2v) is 7.26. The molecule has 0 aromatic carbocycles. The average Bonchev–Trinajstić information content (AvgIpc) is 3.02. The van der Waals surface area contributed by atoms with Crippen LogP contribution in [0.5, 0.6) is 0 Å². The van der Waals surface area contributed by atoms with E-state index in [9.17, 15) is 4.79 Å². The maximum absolute atomic E-state index is 11.4. The van der Waals surface area contributed by atoms with Gasteiger partial charge in [0.1, 0.15) is 5.76 Å². The number of ether oxygens (including phenoxy) is 4. The van der Waals surface area contributed by atoms with Crippen LogP contribution in [0.15, 0.2) is 11.3 Å². The van der Waals surface area contributed by atoms with Gasteiger partial charge in [0.15, 0.2) is 11.9 Å². The first-order valence-electron chi connectivity index (χ1n) is 8.30. The van der Waals surface area contributed by atoms with Crippen molar-refractivity contribution >= 4 is 5.97 Å². The lowest BCUT2D eigenvalue weighted by Gasteiger charge is -2.36. The van der Waals surface area contributed by atoms with Gasteiger partial charge in [-0.05, 0) is 37.7 Å². The lowest BCUT2D eigenvalue weighted by molar-refractivity contribution is -0.253. The Morgan fingerprint density at radius 2 is 2.23 bits per heavy atom. The molecule has 0 radical (unpaired) electrons. The van der Waals surface area contributed by atoms with Gasteiger partial charge in [0.25, 0.3) is 0 Å². The van der Waals surface area contributed by atoms with Crippen LogP contribution in [0, 0.1) is 17.3 Å². The zero-order valence-corrected chi connectivity index (χ0v) is 13.7. The van der Waals surface area contributed by atoms with Crippen LogP contribution in [-0.4, -0.2) is 30.8 Å². The fourth-order valence-electron chi connectivity index (χ4n) is 5.08. The van der Waals surface area contributed by atoms with E-state index in [1.54, 1.807) is 0 Å². The van der Waals surface area contributed by atoms with Gasteiger partial charge in [0, 0.05) is 6.92 Å². The normalized spacial score (nSPS) is 48.9. The van der Waals surface area contributed by atoms with Crippen molar-refractivity contribution in [3.05, 3.63) is 11.3 Å². The molecular weight excluding hydrogens is 284 g/mol. The standard InChI is InChI=1S/C17H24O5/c1-5-11-9(2)6-7-17-8-19-16(4)13(17)12(21-14(11)17)15(22-16)20-10(3)18/h9,12-13,15H,5-8H2,1-4H3/t9-,12-,13+,15-,16-,17-/m0/s1. The zero-order valence-electron chi connectivity index (χ0n) is 13.7. The third-order valence-electron chi connectivity index (χ3n) is 6.00. The van der Waals surface area contributed by atoms with Crippen molar-refractivity contribution in [2.45, 2.75) is 65.1 Å². The van der Waals surface area contributed by atoms with Gasteiger partial charge in [-0.25, -0.2) is 0 Å². The number of esters is 1. The largest absolute Gasteiger partial charge is 0.487 e. The molecule has 0 N–H and O–H groups in total. The third-order valence-corrected chi connectivity index (χ3v) is 6.00. The van der Waals surface area contributed by atoms with Gasteiger partial charge in [0.05, 0.1) is 17.9 Å². The van der Waals surface area contributed by atoms with Gasteiger partial charge in [-0.3, -0.25) is 4.79 Å². The van der Waals surface area contributed by atoms with E-state index in [4.69, 9.17) is 18.9 Å². The molecule has 0 bridgehead atoms. The smallest absolute Gasteiger partial charge is 0.305 e. The minimum absolute atomic E-state index is 0.0911. The van der Waals surface area contributed by atoms with E-state index in [0.717, 1.165) is 25.0 Å². The van der Waals surface area contributed by atoms with Crippen molar-refractivity contribution in [2.24, 2.45) is 17.3 Å². The number of hydrogen-bond acceptors (Lipinski definition) is 5. The highest BCUT2D eigenvalue weighted by molar-refractivity contribution is 5.66. The van der Waals surface area contributed by atoms with Gasteiger partial charge in [0.2, 0.25) is 6.29 Å². The molecule has 5 heteroatoms. The van der Waals surface area contributed by atoms with Gasteiger partial charge < -0.3 is 18.9 Å². The number of carbonyl (C=O) groups is 1. The van der Waals surface area contributed by atoms with Crippen LogP contribution < -0.4 is 0 Å². The van der Waals surface area contributed by atoms with E-state index >= 15 is 0 Å². The SMILES string of the molecule is CCC1=C2O[C@@H]3[C@@H](OC(C)=O)O[C@]4(C)OC[C@@]2(CC[C@@H]1C)[C@H]34. The molecule has 4 rings (SSSR count). The van der Waals surface area contributed by atoms with Crippen LogP contribution in [-0.2, 0) is 23.7 Å². The van der Waals surface area contributed by atoms with E-state index in [1.807, 2.05) is 6.92 Å². The molecule has 4 aliphatic rings. The zero-order chi connectivity index (χ0) is 15.7. The summed E-state index contributed by atoms with van der Waals surface area (Å²) in [5.74, 6) is 0.691. The van der Waals surface area contributed by atoms with Crippen LogP contribution in [0.3, 0.4) is 0 Å². The monoisotopic (exact) mass is 308 g/mol. The molecule has 3 fully saturated rings. The molecule has 0 unspecified atom stereocenters. The molecule has 1 spiro atoms. The van der Waals surface area contributed by atoms with Crippen molar-refractivity contribution in [2.75, 3.05) is 6.61 Å². The molecule has 0 saturated carbocycles. The summed E-state index contributed by atoms with van der Waals surface area (Å²) in [6.07, 6.45) is 2.28. The van der Waals surface area contributed by atoms with Crippen LogP contribution in [0.25, 0.3) is 0 Å². The van der Waals surface area contributed by atoms with Gasteiger partial charge >= 0.3 is 5.97 Å². The first-order valence-corrected chi connectivity index (χ1v) is 8.30. The Kier molecular flexibility index (Phi) is 2.96. The number of rotatable bonds is 2. The van der Waals surface area contributed by atoms with Crippen molar-refractivity contribution in [3.8, 4) is 0 Å². The summed E-state index contributed by atoms with van der Waals surface area (Å²) in [5.41, 5.74) is 1.31. The summed E-state index contributed by atoms with van der Waals surface area (Å²) >= 11 is 0. The Morgan fingerprint density at radius 1 is 1.45 bits per heavy atom. The summed E-state index contributed by atoms with van der Waals surface area (Å²) in [6.45, 7) is 8.45. The average molecular weight is 308 g/mol. The molecule has 5 nitrogen and oxygen atoms in total. The lowest BCUT2D eigenvalue weighted by atomic mass is 9.64. The van der Waals surface area contributed by atoms with Crippen LogP contribution in [0.2, 0.25) is 0 Å². The maximum atomic E-state index is 11.4. The highest BCUT2D eigenvalue weighted by Crippen LogP contribution is 2.66. The molecule has 0 aromatic heterocycles. The molecule has 3 heterocycles. The van der Waals surface area contributed by atoms with E-state index in [0.29, 0.717) is 12.5 Å². The van der Waals surface area contributed by atoms with Crippen molar-refractivity contribution < 1.29 is 23.7 Å². The summed E-state index contributed by atoms with van der Waals surface area (Å²) in [7, 11) is 0. The number of carbonyl (C=O) groups excluding carboxylic acids is 1. The minimum atomic E-state index is -0.716. The molecule has 3 saturated heterocycles.